The number of esters is 1. The molecule has 0 bridgehead atoms. The summed E-state index contributed by atoms with van der Waals surface area (Å²) in [6.07, 6.45) is 5.23. The number of alkyl carbamates (subject to hydrolysis) is 1. The summed E-state index contributed by atoms with van der Waals surface area (Å²) in [6.45, 7) is 7.03. The number of carbonyl (C=O) groups is 2. The Labute approximate surface area is 138 Å². The highest BCUT2D eigenvalue weighted by Crippen LogP contribution is 2.28. The molecule has 1 saturated heterocycles. The fourth-order valence-corrected chi connectivity index (χ4v) is 3.60. The van der Waals surface area contributed by atoms with Crippen LogP contribution in [0.1, 0.15) is 52.9 Å². The Morgan fingerprint density at radius 2 is 1.78 bits per heavy atom. The number of rotatable bonds is 3. The van der Waals surface area contributed by atoms with Crippen LogP contribution in [0.4, 0.5) is 4.79 Å². The zero-order valence-corrected chi connectivity index (χ0v) is 14.8. The van der Waals surface area contributed by atoms with E-state index in [1.165, 1.54) is 32.8 Å². The number of piperidine rings is 1. The Bertz CT molecular complexity index is 427. The molecule has 0 aromatic rings. The van der Waals surface area contributed by atoms with Gasteiger partial charge in [-0.1, -0.05) is 12.8 Å². The summed E-state index contributed by atoms with van der Waals surface area (Å²) in [5, 5.41) is 2.86. The Morgan fingerprint density at radius 3 is 2.35 bits per heavy atom. The van der Waals surface area contributed by atoms with Crippen LogP contribution in [0, 0.1) is 5.92 Å². The van der Waals surface area contributed by atoms with Crippen LogP contribution in [0.2, 0.25) is 0 Å². The van der Waals surface area contributed by atoms with Crippen molar-refractivity contribution in [3.05, 3.63) is 0 Å². The molecule has 6 heteroatoms. The van der Waals surface area contributed by atoms with Crippen LogP contribution in [0.5, 0.6) is 0 Å². The van der Waals surface area contributed by atoms with Crippen LogP contribution in [0.3, 0.4) is 0 Å². The Kier molecular flexibility index (Phi) is 5.89. The van der Waals surface area contributed by atoms with Crippen LogP contribution >= 0.6 is 0 Å². The van der Waals surface area contributed by atoms with E-state index in [0.717, 1.165) is 13.0 Å². The third-order valence-electron chi connectivity index (χ3n) is 4.69. The maximum atomic E-state index is 12.2. The summed E-state index contributed by atoms with van der Waals surface area (Å²) in [7, 11) is 1.40. The summed E-state index contributed by atoms with van der Waals surface area (Å²) in [6, 6.07) is 0.347. The van der Waals surface area contributed by atoms with Gasteiger partial charge in [0.05, 0.1) is 13.0 Å². The summed E-state index contributed by atoms with van der Waals surface area (Å²) >= 11 is 0. The van der Waals surface area contributed by atoms with Gasteiger partial charge in [0.25, 0.3) is 0 Å². The molecule has 0 aromatic carbocycles. The van der Waals surface area contributed by atoms with E-state index in [1.807, 2.05) is 20.8 Å². The molecule has 0 radical (unpaired) electrons. The molecule has 1 aliphatic carbocycles. The second-order valence-electron chi connectivity index (χ2n) is 7.60. The molecule has 2 aliphatic rings. The molecule has 23 heavy (non-hydrogen) atoms. The summed E-state index contributed by atoms with van der Waals surface area (Å²) in [5.41, 5.74) is -0.546. The molecule has 1 heterocycles. The maximum Gasteiger partial charge on any atom is 0.407 e. The third kappa shape index (κ3) is 5.09. The number of carbonyl (C=O) groups excluding carboxylic acids is 2. The molecule has 0 aromatic heterocycles. The van der Waals surface area contributed by atoms with Crippen LogP contribution in [-0.4, -0.2) is 54.8 Å². The van der Waals surface area contributed by atoms with Gasteiger partial charge >= 0.3 is 12.1 Å². The van der Waals surface area contributed by atoms with Crippen molar-refractivity contribution in [3.8, 4) is 0 Å². The molecule has 1 amide bonds. The fraction of sp³-hybridized carbons (Fsp3) is 0.882. The van der Waals surface area contributed by atoms with Gasteiger partial charge in [-0.05, 0) is 40.0 Å². The van der Waals surface area contributed by atoms with Gasteiger partial charge in [0, 0.05) is 25.2 Å². The van der Waals surface area contributed by atoms with E-state index in [1.54, 1.807) is 0 Å². The minimum absolute atomic E-state index is 0.227. The zero-order chi connectivity index (χ0) is 17.0. The second-order valence-corrected chi connectivity index (χ2v) is 7.60. The number of methoxy groups -OCH3 is 1. The van der Waals surface area contributed by atoms with Gasteiger partial charge in [-0.2, -0.15) is 0 Å². The molecular formula is C17H30N2O4. The van der Waals surface area contributed by atoms with Crippen molar-refractivity contribution < 1.29 is 19.1 Å². The van der Waals surface area contributed by atoms with E-state index in [0.29, 0.717) is 12.6 Å². The highest BCUT2D eigenvalue weighted by molar-refractivity contribution is 5.75. The van der Waals surface area contributed by atoms with Crippen molar-refractivity contribution >= 4 is 12.1 Å². The Hall–Kier alpha value is -1.30. The predicted molar refractivity (Wildman–Crippen MR) is 87.1 cm³/mol. The van der Waals surface area contributed by atoms with Crippen LogP contribution in [0.25, 0.3) is 0 Å². The van der Waals surface area contributed by atoms with E-state index in [4.69, 9.17) is 9.47 Å². The van der Waals surface area contributed by atoms with Gasteiger partial charge in [-0.25, -0.2) is 4.79 Å². The standard InChI is InChI=1S/C17H30N2O4/c1-17(2,3)23-16(21)18-14-9-10-19(12-7-5-6-8-12)11-13(14)15(20)22-4/h12-14H,5-11H2,1-4H3,(H,18,21). The first kappa shape index (κ1) is 18.0. The number of hydrogen-bond donors (Lipinski definition) is 1. The van der Waals surface area contributed by atoms with E-state index in [2.05, 4.69) is 10.2 Å². The number of hydrogen-bond acceptors (Lipinski definition) is 5. The lowest BCUT2D eigenvalue weighted by molar-refractivity contribution is -0.148. The smallest absolute Gasteiger partial charge is 0.407 e. The largest absolute Gasteiger partial charge is 0.469 e. The number of ether oxygens (including phenoxy) is 2. The summed E-state index contributed by atoms with van der Waals surface area (Å²) < 4.78 is 10.3. The van der Waals surface area contributed by atoms with Crippen molar-refractivity contribution in [3.63, 3.8) is 0 Å². The van der Waals surface area contributed by atoms with Crippen molar-refractivity contribution in [2.24, 2.45) is 5.92 Å². The van der Waals surface area contributed by atoms with Gasteiger partial charge in [-0.15, -0.1) is 0 Å². The highest BCUT2D eigenvalue weighted by atomic mass is 16.6. The predicted octanol–water partition coefficient (Wildman–Crippen LogP) is 2.32. The van der Waals surface area contributed by atoms with Gasteiger partial charge < -0.3 is 14.8 Å². The molecule has 132 valence electrons. The topological polar surface area (TPSA) is 67.9 Å². The van der Waals surface area contributed by atoms with Gasteiger partial charge in [-0.3, -0.25) is 9.69 Å². The van der Waals surface area contributed by atoms with E-state index in [9.17, 15) is 9.59 Å². The minimum Gasteiger partial charge on any atom is -0.469 e. The van der Waals surface area contributed by atoms with Crippen molar-refractivity contribution in [2.75, 3.05) is 20.2 Å². The molecule has 2 unspecified atom stereocenters. The average molecular weight is 326 g/mol. The van der Waals surface area contributed by atoms with E-state index in [-0.39, 0.29) is 17.9 Å². The van der Waals surface area contributed by atoms with E-state index >= 15 is 0 Å². The Balaban J connectivity index is 1.98. The maximum absolute atomic E-state index is 12.2. The van der Waals surface area contributed by atoms with Gasteiger partial charge in [0.15, 0.2) is 0 Å². The van der Waals surface area contributed by atoms with Gasteiger partial charge in [0.1, 0.15) is 5.60 Å². The summed E-state index contributed by atoms with van der Waals surface area (Å²) in [4.78, 5) is 26.6. The minimum atomic E-state index is -0.546. The monoisotopic (exact) mass is 326 g/mol. The molecule has 6 nitrogen and oxygen atoms in total. The van der Waals surface area contributed by atoms with Crippen LogP contribution in [-0.2, 0) is 14.3 Å². The normalized spacial score (nSPS) is 26.8. The molecule has 1 saturated carbocycles. The quantitative estimate of drug-likeness (QED) is 0.806. The fourth-order valence-electron chi connectivity index (χ4n) is 3.60. The number of amides is 1. The highest BCUT2D eigenvalue weighted by Gasteiger charge is 2.39. The lowest BCUT2D eigenvalue weighted by Gasteiger charge is -2.40. The number of nitrogens with zero attached hydrogens (tertiary/aromatic N) is 1. The lowest BCUT2D eigenvalue weighted by Crippen LogP contribution is -2.56. The average Bonchev–Trinajstić information content (AvgIpc) is 2.99. The SMILES string of the molecule is COC(=O)C1CN(C2CCCC2)CCC1NC(=O)OC(C)(C)C. The van der Waals surface area contributed by atoms with E-state index < -0.39 is 11.7 Å². The third-order valence-corrected chi connectivity index (χ3v) is 4.69. The lowest BCUT2D eigenvalue weighted by atomic mass is 9.91. The zero-order valence-electron chi connectivity index (χ0n) is 14.8. The van der Waals surface area contributed by atoms with Crippen molar-refractivity contribution in [1.82, 2.24) is 10.2 Å². The number of nitrogens with one attached hydrogen (secondary N) is 1. The van der Waals surface area contributed by atoms with Crippen molar-refractivity contribution in [1.29, 1.82) is 0 Å². The summed E-state index contributed by atoms with van der Waals surface area (Å²) in [5.74, 6) is -0.587. The molecular weight excluding hydrogens is 296 g/mol. The molecule has 2 fully saturated rings. The van der Waals surface area contributed by atoms with Crippen LogP contribution in [0.15, 0.2) is 0 Å². The van der Waals surface area contributed by atoms with Crippen molar-refractivity contribution in [2.45, 2.75) is 70.6 Å². The Morgan fingerprint density at radius 1 is 1.13 bits per heavy atom. The molecule has 2 rings (SSSR count). The molecule has 1 N–H and O–H groups in total. The number of likely N-dealkylation sites (tertiary alicyclic amines) is 1. The first-order valence-electron chi connectivity index (χ1n) is 8.61. The molecule has 2 atom stereocenters. The van der Waals surface area contributed by atoms with Gasteiger partial charge in [0.2, 0.25) is 0 Å². The van der Waals surface area contributed by atoms with Crippen LogP contribution < -0.4 is 5.32 Å². The molecule has 0 spiro atoms. The first-order chi connectivity index (χ1) is 10.8. The first-order valence-corrected chi connectivity index (χ1v) is 8.61. The second kappa shape index (κ2) is 7.51. The molecule has 1 aliphatic heterocycles.